The zero-order chi connectivity index (χ0) is 33.2. The predicted octanol–water partition coefficient (Wildman–Crippen LogP) is 9.02. The van der Waals surface area contributed by atoms with Gasteiger partial charge in [0.2, 0.25) is 0 Å². The number of hydrogen-bond acceptors (Lipinski definition) is 10. The van der Waals surface area contributed by atoms with Gasteiger partial charge in [-0.1, -0.05) is 34.1 Å². The Morgan fingerprint density at radius 3 is 1.55 bits per heavy atom. The quantitative estimate of drug-likeness (QED) is 0.175. The third kappa shape index (κ3) is 8.08. The maximum Gasteiger partial charge on any atom is 0.138 e. The Morgan fingerprint density at radius 1 is 0.673 bits per heavy atom. The fraction of sp³-hybridized carbons (Fsp3) is 0.692. The molecule has 4 aliphatic carbocycles. The van der Waals surface area contributed by atoms with E-state index >= 15 is 0 Å². The second-order valence-corrected chi connectivity index (χ2v) is 17.4. The van der Waals surface area contributed by atoms with Crippen LogP contribution in [0.1, 0.15) is 119 Å². The summed E-state index contributed by atoms with van der Waals surface area (Å²) in [5.74, 6) is 3.85. The standard InChI is InChI=1S/C20H30N4S.C18H26N4S.CH4/c1-4-13-5-10-16-17(11-13)25-20-18(16)19(21-12-22-20)23-14-6-8-15(9-7-14)24(2)3;1-2-11-3-8-14-15(9-11)23-18-16(14)17(20-10-21-18)22-13-6-4-12(19)5-7-13;/h12-15H,4-11H2,1-3H3,(H,21,22,23);10-13H,2-9,19H2,1H3,(H,20,21,22);1H4. The first-order valence-corrected chi connectivity index (χ1v) is 20.5. The van der Waals surface area contributed by atoms with Gasteiger partial charge in [-0.05, 0) is 127 Å². The highest BCUT2D eigenvalue weighted by atomic mass is 32.1. The Bertz CT molecular complexity index is 1660. The molecule has 49 heavy (non-hydrogen) atoms. The van der Waals surface area contributed by atoms with Gasteiger partial charge in [0.05, 0.1) is 10.8 Å². The summed E-state index contributed by atoms with van der Waals surface area (Å²) in [6, 6.07) is 2.19. The van der Waals surface area contributed by atoms with E-state index in [-0.39, 0.29) is 7.43 Å². The molecule has 268 valence electrons. The summed E-state index contributed by atoms with van der Waals surface area (Å²) in [6.45, 7) is 4.63. The minimum Gasteiger partial charge on any atom is -0.367 e. The van der Waals surface area contributed by atoms with Crippen molar-refractivity contribution in [2.75, 3.05) is 24.7 Å². The molecular formula is C39H60N8S2. The lowest BCUT2D eigenvalue weighted by molar-refractivity contribution is 0.221. The van der Waals surface area contributed by atoms with Crippen LogP contribution in [0.3, 0.4) is 0 Å². The highest BCUT2D eigenvalue weighted by molar-refractivity contribution is 7.19. The van der Waals surface area contributed by atoms with Crippen LogP contribution in [0.5, 0.6) is 0 Å². The smallest absolute Gasteiger partial charge is 0.138 e. The van der Waals surface area contributed by atoms with E-state index in [9.17, 15) is 0 Å². The van der Waals surface area contributed by atoms with Crippen LogP contribution in [-0.4, -0.2) is 63.1 Å². The largest absolute Gasteiger partial charge is 0.367 e. The van der Waals surface area contributed by atoms with Crippen LogP contribution >= 0.6 is 22.7 Å². The zero-order valence-electron chi connectivity index (χ0n) is 29.6. The fourth-order valence-electron chi connectivity index (χ4n) is 8.66. The van der Waals surface area contributed by atoms with Crippen LogP contribution < -0.4 is 16.4 Å². The van der Waals surface area contributed by atoms with Gasteiger partial charge in [-0.3, -0.25) is 0 Å². The second kappa shape index (κ2) is 16.3. The maximum atomic E-state index is 6.03. The number of anilines is 2. The van der Waals surface area contributed by atoms with Gasteiger partial charge in [-0.15, -0.1) is 22.7 Å². The molecule has 4 aromatic rings. The number of nitrogens with zero attached hydrogens (tertiary/aromatic N) is 5. The topological polar surface area (TPSA) is 105 Å². The number of rotatable bonds is 7. The minimum atomic E-state index is 0. The predicted molar refractivity (Wildman–Crippen MR) is 210 cm³/mol. The van der Waals surface area contributed by atoms with Crippen molar-refractivity contribution < 1.29 is 0 Å². The summed E-state index contributed by atoms with van der Waals surface area (Å²) in [4.78, 5) is 26.2. The van der Waals surface area contributed by atoms with Gasteiger partial charge in [0.15, 0.2) is 0 Å². The average molecular weight is 705 g/mol. The van der Waals surface area contributed by atoms with Crippen molar-refractivity contribution in [1.82, 2.24) is 24.8 Å². The molecule has 2 atom stereocenters. The van der Waals surface area contributed by atoms with Crippen molar-refractivity contribution in [3.63, 3.8) is 0 Å². The van der Waals surface area contributed by atoms with Gasteiger partial charge in [0.25, 0.3) is 0 Å². The van der Waals surface area contributed by atoms with Crippen LogP contribution in [0.15, 0.2) is 12.7 Å². The molecule has 4 N–H and O–H groups in total. The molecule has 8 nitrogen and oxygen atoms in total. The molecule has 4 heterocycles. The van der Waals surface area contributed by atoms with Crippen molar-refractivity contribution in [1.29, 1.82) is 0 Å². The number of fused-ring (bicyclic) bond motifs is 6. The van der Waals surface area contributed by atoms with Crippen molar-refractivity contribution in [3.8, 4) is 0 Å². The van der Waals surface area contributed by atoms with Gasteiger partial charge < -0.3 is 21.3 Å². The second-order valence-electron chi connectivity index (χ2n) is 15.2. The van der Waals surface area contributed by atoms with E-state index in [2.05, 4.69) is 63.4 Å². The first-order chi connectivity index (χ1) is 23.4. The minimum absolute atomic E-state index is 0. The number of nitrogens with two attached hydrogens (primary N) is 1. The Kier molecular flexibility index (Phi) is 12.1. The molecule has 4 aromatic heterocycles. The Morgan fingerprint density at radius 2 is 1.12 bits per heavy atom. The summed E-state index contributed by atoms with van der Waals surface area (Å²) in [5.41, 5.74) is 9.09. The zero-order valence-corrected chi connectivity index (χ0v) is 31.2. The first kappa shape index (κ1) is 36.4. The monoisotopic (exact) mass is 704 g/mol. The molecule has 8 rings (SSSR count). The SMILES string of the molecule is C.CCC1CCc2c(sc3ncnc(NC4CCC(N(C)C)CC4)c23)C1.CCC1CCc2c(sc3ncnc(NC4CCC(N)CC4)c23)C1. The van der Waals surface area contributed by atoms with Gasteiger partial charge in [-0.2, -0.15) is 0 Å². The lowest BCUT2D eigenvalue weighted by Crippen LogP contribution is -2.36. The van der Waals surface area contributed by atoms with E-state index < -0.39 is 0 Å². The molecule has 0 aliphatic heterocycles. The lowest BCUT2D eigenvalue weighted by atomic mass is 9.86. The van der Waals surface area contributed by atoms with Crippen LogP contribution in [-0.2, 0) is 25.7 Å². The Hall–Kier alpha value is -2.40. The molecule has 10 heteroatoms. The summed E-state index contributed by atoms with van der Waals surface area (Å²) in [6.07, 6.45) is 23.1. The number of thiophene rings is 2. The summed E-state index contributed by atoms with van der Waals surface area (Å²) < 4.78 is 0. The van der Waals surface area contributed by atoms with E-state index in [1.165, 1.54) is 104 Å². The molecule has 2 saturated carbocycles. The lowest BCUT2D eigenvalue weighted by Gasteiger charge is -2.33. The van der Waals surface area contributed by atoms with Gasteiger partial charge in [0, 0.05) is 33.9 Å². The molecule has 2 unspecified atom stereocenters. The molecular weight excluding hydrogens is 645 g/mol. The van der Waals surface area contributed by atoms with E-state index in [1.54, 1.807) is 22.4 Å². The molecule has 0 radical (unpaired) electrons. The summed E-state index contributed by atoms with van der Waals surface area (Å²) in [7, 11) is 4.40. The number of aryl methyl sites for hydroxylation is 2. The summed E-state index contributed by atoms with van der Waals surface area (Å²) in [5, 5.41) is 10.1. The maximum absolute atomic E-state index is 6.03. The average Bonchev–Trinajstić information content (AvgIpc) is 3.68. The van der Waals surface area contributed by atoms with E-state index in [0.717, 1.165) is 60.0 Å². The van der Waals surface area contributed by atoms with E-state index in [1.807, 2.05) is 22.7 Å². The fourth-order valence-corrected chi connectivity index (χ4v) is 11.3. The highest BCUT2D eigenvalue weighted by Gasteiger charge is 2.28. The van der Waals surface area contributed by atoms with Crippen molar-refractivity contribution >= 4 is 54.7 Å². The molecule has 0 saturated heterocycles. The molecule has 2 fully saturated rings. The highest BCUT2D eigenvalue weighted by Crippen LogP contribution is 2.42. The molecule has 0 amide bonds. The van der Waals surface area contributed by atoms with Crippen LogP contribution in [0.25, 0.3) is 20.4 Å². The third-order valence-corrected chi connectivity index (χ3v) is 14.3. The Labute approximate surface area is 302 Å². The third-order valence-electron chi connectivity index (χ3n) is 11.9. The van der Waals surface area contributed by atoms with Gasteiger partial charge >= 0.3 is 0 Å². The van der Waals surface area contributed by atoms with Gasteiger partial charge in [-0.25, -0.2) is 19.9 Å². The van der Waals surface area contributed by atoms with Crippen LogP contribution in [0.4, 0.5) is 11.6 Å². The first-order valence-electron chi connectivity index (χ1n) is 18.9. The van der Waals surface area contributed by atoms with Crippen molar-refractivity contribution in [2.24, 2.45) is 17.6 Å². The number of aromatic nitrogens is 4. The van der Waals surface area contributed by atoms with Crippen LogP contribution in [0.2, 0.25) is 0 Å². The van der Waals surface area contributed by atoms with E-state index in [4.69, 9.17) is 5.73 Å². The molecule has 0 aromatic carbocycles. The van der Waals surface area contributed by atoms with Crippen LogP contribution in [0, 0.1) is 11.8 Å². The van der Waals surface area contributed by atoms with E-state index in [0.29, 0.717) is 18.1 Å². The van der Waals surface area contributed by atoms with Gasteiger partial charge in [0.1, 0.15) is 34.0 Å². The molecule has 0 bridgehead atoms. The van der Waals surface area contributed by atoms with Crippen molar-refractivity contribution in [3.05, 3.63) is 33.5 Å². The molecule has 0 spiro atoms. The van der Waals surface area contributed by atoms with Crippen molar-refractivity contribution in [2.45, 2.75) is 148 Å². The Balaban J connectivity index is 0.000000167. The number of hydrogen-bond donors (Lipinski definition) is 3. The summed E-state index contributed by atoms with van der Waals surface area (Å²) >= 11 is 3.79. The normalized spacial score (nSPS) is 26.7. The number of nitrogens with one attached hydrogen (secondary N) is 2. The molecule has 4 aliphatic rings.